The number of para-hydroxylation sites is 1. The number of nitrogens with one attached hydrogen (secondary N) is 1. The van der Waals surface area contributed by atoms with E-state index in [-0.39, 0.29) is 18.0 Å². The highest BCUT2D eigenvalue weighted by Gasteiger charge is 2.09. The third-order valence-corrected chi connectivity index (χ3v) is 4.98. The van der Waals surface area contributed by atoms with Gasteiger partial charge in [0.05, 0.1) is 18.5 Å². The zero-order chi connectivity index (χ0) is 19.9. The first-order chi connectivity index (χ1) is 13.5. The van der Waals surface area contributed by atoms with Crippen molar-refractivity contribution >= 4 is 29.0 Å². The Morgan fingerprint density at radius 2 is 1.61 bits per heavy atom. The lowest BCUT2D eigenvalue weighted by molar-refractivity contribution is -0.384. The molecule has 1 N–H and O–H groups in total. The molecule has 3 aromatic rings. The second kappa shape index (κ2) is 9.05. The summed E-state index contributed by atoms with van der Waals surface area (Å²) < 4.78 is 5.27. The average Bonchev–Trinajstić information content (AvgIpc) is 2.70. The van der Waals surface area contributed by atoms with Crippen LogP contribution < -0.4 is 10.1 Å². The first-order valence-electron chi connectivity index (χ1n) is 8.49. The van der Waals surface area contributed by atoms with Gasteiger partial charge in [-0.05, 0) is 42.5 Å². The van der Waals surface area contributed by atoms with Crippen molar-refractivity contribution in [1.82, 2.24) is 0 Å². The summed E-state index contributed by atoms with van der Waals surface area (Å²) in [6.07, 6.45) is 0.226. The van der Waals surface area contributed by atoms with Crippen LogP contribution in [0, 0.1) is 10.1 Å². The molecule has 0 aliphatic rings. The van der Waals surface area contributed by atoms with Crippen molar-refractivity contribution in [2.75, 3.05) is 12.4 Å². The summed E-state index contributed by atoms with van der Waals surface area (Å²) in [7, 11) is 1.58. The third-order valence-electron chi connectivity index (χ3n) is 3.96. The number of carbonyl (C=O) groups excluding carboxylic acids is 1. The maximum atomic E-state index is 12.3. The summed E-state index contributed by atoms with van der Waals surface area (Å²) in [5.41, 5.74) is 1.60. The molecule has 0 aliphatic heterocycles. The molecule has 0 fully saturated rings. The second-order valence-corrected chi connectivity index (χ2v) is 7.06. The van der Waals surface area contributed by atoms with Crippen LogP contribution in [0.5, 0.6) is 5.75 Å². The van der Waals surface area contributed by atoms with E-state index in [9.17, 15) is 14.9 Å². The Morgan fingerprint density at radius 1 is 1.00 bits per heavy atom. The monoisotopic (exact) mass is 394 g/mol. The first-order valence-corrected chi connectivity index (χ1v) is 9.31. The number of carbonyl (C=O) groups is 1. The molecule has 0 aliphatic carbocycles. The highest BCUT2D eigenvalue weighted by Crippen LogP contribution is 2.29. The standard InChI is InChI=1S/C21H18N2O4S/c1-27-20-5-3-2-4-15(20)14-21(24)22-16-6-10-18(11-7-16)28-19-12-8-17(9-13-19)23(25)26/h2-13H,14H2,1H3,(H,22,24). The molecule has 0 atom stereocenters. The summed E-state index contributed by atoms with van der Waals surface area (Å²) in [6, 6.07) is 21.3. The Kier molecular flexibility index (Phi) is 6.29. The van der Waals surface area contributed by atoms with E-state index >= 15 is 0 Å². The van der Waals surface area contributed by atoms with Gasteiger partial charge in [-0.25, -0.2) is 0 Å². The predicted molar refractivity (Wildman–Crippen MR) is 109 cm³/mol. The summed E-state index contributed by atoms with van der Waals surface area (Å²) in [6.45, 7) is 0. The fourth-order valence-corrected chi connectivity index (χ4v) is 3.42. The van der Waals surface area contributed by atoms with Crippen molar-refractivity contribution in [3.8, 4) is 5.75 Å². The number of amides is 1. The molecule has 6 nitrogen and oxygen atoms in total. The largest absolute Gasteiger partial charge is 0.496 e. The van der Waals surface area contributed by atoms with Crippen LogP contribution in [0.3, 0.4) is 0 Å². The number of rotatable bonds is 7. The van der Waals surface area contributed by atoms with Crippen LogP contribution in [-0.4, -0.2) is 17.9 Å². The predicted octanol–water partition coefficient (Wildman–Crippen LogP) is 4.94. The van der Waals surface area contributed by atoms with Gasteiger partial charge in [0.25, 0.3) is 5.69 Å². The number of nitrogens with zero attached hydrogens (tertiary/aromatic N) is 1. The number of benzene rings is 3. The number of methoxy groups -OCH3 is 1. The van der Waals surface area contributed by atoms with Crippen LogP contribution in [0.1, 0.15) is 5.56 Å². The Labute approximate surface area is 166 Å². The van der Waals surface area contributed by atoms with E-state index in [1.165, 1.54) is 23.9 Å². The quantitative estimate of drug-likeness (QED) is 0.454. The molecule has 0 heterocycles. The topological polar surface area (TPSA) is 81.5 Å². The number of anilines is 1. The van der Waals surface area contributed by atoms with Gasteiger partial charge in [-0.2, -0.15) is 0 Å². The second-order valence-electron chi connectivity index (χ2n) is 5.91. The van der Waals surface area contributed by atoms with Crippen molar-refractivity contribution in [3.63, 3.8) is 0 Å². The molecule has 3 aromatic carbocycles. The van der Waals surface area contributed by atoms with E-state index < -0.39 is 4.92 Å². The summed E-state index contributed by atoms with van der Waals surface area (Å²) >= 11 is 1.49. The molecule has 28 heavy (non-hydrogen) atoms. The smallest absolute Gasteiger partial charge is 0.269 e. The minimum absolute atomic E-state index is 0.0671. The van der Waals surface area contributed by atoms with Gasteiger partial charge in [0.2, 0.25) is 5.91 Å². The SMILES string of the molecule is COc1ccccc1CC(=O)Nc1ccc(Sc2ccc([N+](=O)[O-])cc2)cc1. The van der Waals surface area contributed by atoms with Gasteiger partial charge in [0.15, 0.2) is 0 Å². The molecular weight excluding hydrogens is 376 g/mol. The number of nitro benzene ring substituents is 1. The van der Waals surface area contributed by atoms with Crippen molar-refractivity contribution in [3.05, 3.63) is 88.5 Å². The highest BCUT2D eigenvalue weighted by molar-refractivity contribution is 7.99. The van der Waals surface area contributed by atoms with E-state index in [4.69, 9.17) is 4.74 Å². The van der Waals surface area contributed by atoms with E-state index in [2.05, 4.69) is 5.32 Å². The molecule has 0 unspecified atom stereocenters. The fraction of sp³-hybridized carbons (Fsp3) is 0.0952. The molecule has 142 valence electrons. The molecule has 0 radical (unpaired) electrons. The Morgan fingerprint density at radius 3 is 2.21 bits per heavy atom. The number of hydrogen-bond donors (Lipinski definition) is 1. The van der Waals surface area contributed by atoms with E-state index in [1.807, 2.05) is 48.5 Å². The van der Waals surface area contributed by atoms with Gasteiger partial charge in [0.1, 0.15) is 5.75 Å². The molecule has 1 amide bonds. The third kappa shape index (κ3) is 5.11. The Bertz CT molecular complexity index is 972. The van der Waals surface area contributed by atoms with Gasteiger partial charge in [-0.1, -0.05) is 30.0 Å². The molecule has 0 saturated carbocycles. The molecule has 0 aromatic heterocycles. The van der Waals surface area contributed by atoms with E-state index in [1.54, 1.807) is 19.2 Å². The molecule has 0 saturated heterocycles. The van der Waals surface area contributed by atoms with Gasteiger partial charge in [0, 0.05) is 33.2 Å². The summed E-state index contributed by atoms with van der Waals surface area (Å²) in [4.78, 5) is 24.4. The molecule has 0 bridgehead atoms. The lowest BCUT2D eigenvalue weighted by Crippen LogP contribution is -2.14. The zero-order valence-corrected chi connectivity index (χ0v) is 15.9. The van der Waals surface area contributed by atoms with Gasteiger partial charge in [-0.3, -0.25) is 14.9 Å². The Hall–Kier alpha value is -3.32. The number of nitro groups is 1. The lowest BCUT2D eigenvalue weighted by Gasteiger charge is -2.09. The number of non-ortho nitro benzene ring substituents is 1. The number of ether oxygens (including phenoxy) is 1. The van der Waals surface area contributed by atoms with Crippen molar-refractivity contribution in [2.24, 2.45) is 0 Å². The average molecular weight is 394 g/mol. The van der Waals surface area contributed by atoms with Gasteiger partial charge >= 0.3 is 0 Å². The normalized spacial score (nSPS) is 10.3. The first kappa shape index (κ1) is 19.4. The molecular formula is C21H18N2O4S. The van der Waals surface area contributed by atoms with Crippen molar-refractivity contribution in [1.29, 1.82) is 0 Å². The van der Waals surface area contributed by atoms with Crippen LogP contribution in [0.25, 0.3) is 0 Å². The fourth-order valence-electron chi connectivity index (χ4n) is 2.61. The summed E-state index contributed by atoms with van der Waals surface area (Å²) in [5, 5.41) is 13.6. The highest BCUT2D eigenvalue weighted by atomic mass is 32.2. The molecule has 7 heteroatoms. The van der Waals surface area contributed by atoms with E-state index in [0.717, 1.165) is 15.4 Å². The van der Waals surface area contributed by atoms with Crippen molar-refractivity contribution in [2.45, 2.75) is 16.2 Å². The van der Waals surface area contributed by atoms with Crippen LogP contribution >= 0.6 is 11.8 Å². The van der Waals surface area contributed by atoms with Crippen LogP contribution in [-0.2, 0) is 11.2 Å². The van der Waals surface area contributed by atoms with Crippen LogP contribution in [0.15, 0.2) is 82.6 Å². The molecule has 0 spiro atoms. The minimum Gasteiger partial charge on any atom is -0.496 e. The maximum Gasteiger partial charge on any atom is 0.269 e. The van der Waals surface area contributed by atoms with Gasteiger partial charge < -0.3 is 10.1 Å². The van der Waals surface area contributed by atoms with Gasteiger partial charge in [-0.15, -0.1) is 0 Å². The zero-order valence-electron chi connectivity index (χ0n) is 15.1. The van der Waals surface area contributed by atoms with Crippen molar-refractivity contribution < 1.29 is 14.5 Å². The number of hydrogen-bond acceptors (Lipinski definition) is 5. The lowest BCUT2D eigenvalue weighted by atomic mass is 10.1. The van der Waals surface area contributed by atoms with Crippen LogP contribution in [0.2, 0.25) is 0 Å². The minimum atomic E-state index is -0.420. The van der Waals surface area contributed by atoms with Crippen LogP contribution in [0.4, 0.5) is 11.4 Å². The maximum absolute atomic E-state index is 12.3. The molecule has 3 rings (SSSR count). The van der Waals surface area contributed by atoms with E-state index in [0.29, 0.717) is 11.4 Å². The summed E-state index contributed by atoms with van der Waals surface area (Å²) in [5.74, 6) is 0.563. The Balaban J connectivity index is 1.59.